The summed E-state index contributed by atoms with van der Waals surface area (Å²) in [5, 5.41) is 3.14. The van der Waals surface area contributed by atoms with E-state index in [1.54, 1.807) is 0 Å². The van der Waals surface area contributed by atoms with Gasteiger partial charge in [-0.15, -0.1) is 0 Å². The number of hydrogen-bond donors (Lipinski definition) is 1. The third-order valence-electron chi connectivity index (χ3n) is 3.59. The Bertz CT molecular complexity index is 195. The van der Waals surface area contributed by atoms with E-state index >= 15 is 0 Å². The molecule has 0 bridgehead atoms. The fraction of sp³-hybridized carbons (Fsp3) is 0.909. The second-order valence-electron chi connectivity index (χ2n) is 4.18. The minimum atomic E-state index is -0.402. The van der Waals surface area contributed by atoms with Gasteiger partial charge in [0.25, 0.3) is 0 Å². The Kier molecular flexibility index (Phi) is 3.93. The normalized spacial score (nSPS) is 32.6. The van der Waals surface area contributed by atoms with Gasteiger partial charge in [-0.1, -0.05) is 13.3 Å². The fourth-order valence-corrected chi connectivity index (χ4v) is 2.33. The molecule has 0 saturated heterocycles. The third kappa shape index (κ3) is 2.08. The van der Waals surface area contributed by atoms with Gasteiger partial charge in [-0.05, 0) is 38.6 Å². The number of ether oxygens (including phenoxy) is 1. The minimum absolute atomic E-state index is 0.102. The first-order chi connectivity index (χ1) is 6.68. The molecule has 1 aliphatic carbocycles. The van der Waals surface area contributed by atoms with Gasteiger partial charge in [0, 0.05) is 0 Å². The van der Waals surface area contributed by atoms with Crippen LogP contribution in [0.1, 0.15) is 39.0 Å². The minimum Gasteiger partial charge on any atom is -0.468 e. The van der Waals surface area contributed by atoms with Gasteiger partial charge in [-0.25, -0.2) is 0 Å². The lowest BCUT2D eigenvalue weighted by Crippen LogP contribution is -2.53. The summed E-state index contributed by atoms with van der Waals surface area (Å²) in [5.41, 5.74) is -0.402. The molecule has 1 saturated carbocycles. The van der Waals surface area contributed by atoms with Crippen LogP contribution in [-0.2, 0) is 9.53 Å². The molecule has 1 fully saturated rings. The van der Waals surface area contributed by atoms with Gasteiger partial charge in [0.05, 0.1) is 7.11 Å². The molecule has 0 aliphatic heterocycles. The molecule has 0 aromatic carbocycles. The smallest absolute Gasteiger partial charge is 0.326 e. The van der Waals surface area contributed by atoms with E-state index in [4.69, 9.17) is 4.74 Å². The number of methoxy groups -OCH3 is 1. The van der Waals surface area contributed by atoms with Gasteiger partial charge < -0.3 is 10.1 Å². The van der Waals surface area contributed by atoms with Gasteiger partial charge in [0.15, 0.2) is 0 Å². The molecule has 0 unspecified atom stereocenters. The van der Waals surface area contributed by atoms with E-state index in [-0.39, 0.29) is 5.97 Å². The summed E-state index contributed by atoms with van der Waals surface area (Å²) in [4.78, 5) is 11.6. The van der Waals surface area contributed by atoms with Crippen molar-refractivity contribution in [3.05, 3.63) is 0 Å². The Morgan fingerprint density at radius 3 is 2.43 bits per heavy atom. The summed E-state index contributed by atoms with van der Waals surface area (Å²) >= 11 is 0. The first kappa shape index (κ1) is 11.5. The number of hydrogen-bond acceptors (Lipinski definition) is 3. The summed E-state index contributed by atoms with van der Waals surface area (Å²) in [5.74, 6) is 0.690. The first-order valence-electron chi connectivity index (χ1n) is 5.46. The van der Waals surface area contributed by atoms with Crippen LogP contribution >= 0.6 is 0 Å². The summed E-state index contributed by atoms with van der Waals surface area (Å²) in [6, 6.07) is 0. The molecule has 14 heavy (non-hydrogen) atoms. The molecular formula is C11H21NO2. The Labute approximate surface area is 86.2 Å². The quantitative estimate of drug-likeness (QED) is 0.703. The van der Waals surface area contributed by atoms with Crippen molar-refractivity contribution < 1.29 is 9.53 Å². The van der Waals surface area contributed by atoms with Crippen LogP contribution in [0.4, 0.5) is 0 Å². The van der Waals surface area contributed by atoms with Crippen molar-refractivity contribution in [1.29, 1.82) is 0 Å². The van der Waals surface area contributed by atoms with Crippen LogP contribution in [0.5, 0.6) is 0 Å². The number of likely N-dealkylation sites (N-methyl/N-ethyl adjacent to an activating group) is 1. The van der Waals surface area contributed by atoms with Gasteiger partial charge in [0.2, 0.25) is 0 Å². The van der Waals surface area contributed by atoms with Crippen LogP contribution in [0.25, 0.3) is 0 Å². The highest BCUT2D eigenvalue weighted by atomic mass is 16.5. The monoisotopic (exact) mass is 199 g/mol. The maximum absolute atomic E-state index is 11.6. The predicted octanol–water partition coefficient (Wildman–Crippen LogP) is 1.72. The fourth-order valence-electron chi connectivity index (χ4n) is 2.33. The van der Waals surface area contributed by atoms with Crippen LogP contribution in [-0.4, -0.2) is 25.7 Å². The molecule has 0 radical (unpaired) electrons. The van der Waals surface area contributed by atoms with Gasteiger partial charge >= 0.3 is 5.97 Å². The van der Waals surface area contributed by atoms with Gasteiger partial charge in [-0.2, -0.15) is 0 Å². The molecule has 1 aliphatic rings. The van der Waals surface area contributed by atoms with E-state index in [1.807, 2.05) is 7.05 Å². The molecule has 0 spiro atoms. The van der Waals surface area contributed by atoms with Crippen molar-refractivity contribution in [3.8, 4) is 0 Å². The highest BCUT2D eigenvalue weighted by Crippen LogP contribution is 2.34. The molecule has 0 amide bonds. The summed E-state index contributed by atoms with van der Waals surface area (Å²) < 4.78 is 4.85. The summed E-state index contributed by atoms with van der Waals surface area (Å²) in [6.07, 6.45) is 5.31. The molecule has 0 atom stereocenters. The van der Waals surface area contributed by atoms with Crippen LogP contribution < -0.4 is 5.32 Å². The zero-order valence-corrected chi connectivity index (χ0v) is 9.43. The number of carbonyl (C=O) groups excluding carboxylic acids is 1. The molecule has 0 heterocycles. The van der Waals surface area contributed by atoms with Crippen molar-refractivity contribution in [3.63, 3.8) is 0 Å². The number of carbonyl (C=O) groups is 1. The highest BCUT2D eigenvalue weighted by molar-refractivity contribution is 5.80. The van der Waals surface area contributed by atoms with E-state index in [0.717, 1.165) is 31.6 Å². The standard InChI is InChI=1S/C11H21NO2/c1-4-9-5-7-11(12-2,8-6-9)10(13)14-3/h9,12H,4-8H2,1-3H3. The average Bonchev–Trinajstić information content (AvgIpc) is 2.28. The first-order valence-corrected chi connectivity index (χ1v) is 5.46. The zero-order valence-electron chi connectivity index (χ0n) is 9.43. The summed E-state index contributed by atoms with van der Waals surface area (Å²) in [6.45, 7) is 2.22. The molecule has 0 aromatic rings. The largest absolute Gasteiger partial charge is 0.468 e. The van der Waals surface area contributed by atoms with Gasteiger partial charge in [0.1, 0.15) is 5.54 Å². The molecule has 82 valence electrons. The zero-order chi connectivity index (χ0) is 10.6. The second kappa shape index (κ2) is 4.78. The maximum Gasteiger partial charge on any atom is 0.326 e. The lowest BCUT2D eigenvalue weighted by atomic mass is 9.75. The molecule has 3 heteroatoms. The van der Waals surface area contributed by atoms with E-state index in [2.05, 4.69) is 12.2 Å². The van der Waals surface area contributed by atoms with Crippen LogP contribution in [0.15, 0.2) is 0 Å². The van der Waals surface area contributed by atoms with E-state index < -0.39 is 5.54 Å². The Morgan fingerprint density at radius 1 is 1.50 bits per heavy atom. The topological polar surface area (TPSA) is 38.3 Å². The number of nitrogens with one attached hydrogen (secondary N) is 1. The van der Waals surface area contributed by atoms with Crippen molar-refractivity contribution in [2.75, 3.05) is 14.2 Å². The SMILES string of the molecule is CCC1CCC(NC)(C(=O)OC)CC1. The third-order valence-corrected chi connectivity index (χ3v) is 3.59. The molecule has 0 aromatic heterocycles. The Balaban J connectivity index is 2.61. The van der Waals surface area contributed by atoms with E-state index in [9.17, 15) is 4.79 Å². The molecule has 1 rings (SSSR count). The average molecular weight is 199 g/mol. The maximum atomic E-state index is 11.6. The van der Waals surface area contributed by atoms with Crippen LogP contribution in [0.3, 0.4) is 0 Å². The summed E-state index contributed by atoms with van der Waals surface area (Å²) in [7, 11) is 3.32. The van der Waals surface area contributed by atoms with Crippen molar-refractivity contribution >= 4 is 5.97 Å². The van der Waals surface area contributed by atoms with Gasteiger partial charge in [-0.3, -0.25) is 4.79 Å². The number of rotatable bonds is 3. The Morgan fingerprint density at radius 2 is 2.07 bits per heavy atom. The molecule has 1 N–H and O–H groups in total. The predicted molar refractivity (Wildman–Crippen MR) is 56.1 cm³/mol. The van der Waals surface area contributed by atoms with Crippen LogP contribution in [0.2, 0.25) is 0 Å². The lowest BCUT2D eigenvalue weighted by molar-refractivity contribution is -0.150. The molecular weight excluding hydrogens is 178 g/mol. The molecule has 3 nitrogen and oxygen atoms in total. The lowest BCUT2D eigenvalue weighted by Gasteiger charge is -2.37. The number of esters is 1. The van der Waals surface area contributed by atoms with Crippen molar-refractivity contribution in [1.82, 2.24) is 5.32 Å². The second-order valence-corrected chi connectivity index (χ2v) is 4.18. The van der Waals surface area contributed by atoms with E-state index in [1.165, 1.54) is 13.5 Å². The Hall–Kier alpha value is -0.570. The van der Waals surface area contributed by atoms with Crippen LogP contribution in [0, 0.1) is 5.92 Å². The van der Waals surface area contributed by atoms with Crippen molar-refractivity contribution in [2.24, 2.45) is 5.92 Å². The van der Waals surface area contributed by atoms with E-state index in [0.29, 0.717) is 0 Å². The van der Waals surface area contributed by atoms with Crippen molar-refractivity contribution in [2.45, 2.75) is 44.6 Å². The highest BCUT2D eigenvalue weighted by Gasteiger charge is 2.40.